The summed E-state index contributed by atoms with van der Waals surface area (Å²) in [6.45, 7) is 9.73. The van der Waals surface area contributed by atoms with Crippen LogP contribution in [0.25, 0.3) is 0 Å². The van der Waals surface area contributed by atoms with Crippen LogP contribution in [0.3, 0.4) is 0 Å². The van der Waals surface area contributed by atoms with E-state index in [0.717, 1.165) is 6.54 Å². The molecule has 0 saturated heterocycles. The van der Waals surface area contributed by atoms with Gasteiger partial charge in [-0.05, 0) is 43.6 Å². The van der Waals surface area contributed by atoms with Crippen molar-refractivity contribution in [2.24, 2.45) is 5.92 Å². The van der Waals surface area contributed by atoms with Crippen molar-refractivity contribution in [3.8, 4) is 0 Å². The molecule has 0 N–H and O–H groups in total. The fourth-order valence-corrected chi connectivity index (χ4v) is 2.71. The largest absolute Gasteiger partial charge is 0.370 e. The molecule has 1 unspecified atom stereocenters. The average Bonchev–Trinajstić information content (AvgIpc) is 2.63. The molecule has 2 rings (SSSR count). The van der Waals surface area contributed by atoms with E-state index in [2.05, 4.69) is 70.0 Å². The van der Waals surface area contributed by atoms with Gasteiger partial charge in [0.1, 0.15) is 0 Å². The van der Waals surface area contributed by atoms with E-state index in [1.807, 2.05) is 0 Å². The fourth-order valence-electron chi connectivity index (χ4n) is 2.71. The minimum Gasteiger partial charge on any atom is -0.370 e. The Labute approximate surface area is 111 Å². The monoisotopic (exact) mass is 241 g/mol. The summed E-state index contributed by atoms with van der Waals surface area (Å²) in [5.74, 6) is 0.545. The number of rotatable bonds is 0. The highest BCUT2D eigenvalue weighted by Crippen LogP contribution is 2.35. The molecule has 1 aliphatic heterocycles. The van der Waals surface area contributed by atoms with Gasteiger partial charge in [0, 0.05) is 25.2 Å². The third kappa shape index (κ3) is 2.10. The summed E-state index contributed by atoms with van der Waals surface area (Å²) in [4.78, 5) is 2.37. The second-order valence-electron chi connectivity index (χ2n) is 5.20. The second kappa shape index (κ2) is 5.01. The summed E-state index contributed by atoms with van der Waals surface area (Å²) >= 11 is 0. The van der Waals surface area contributed by atoms with Crippen LogP contribution < -0.4 is 0 Å². The second-order valence-corrected chi connectivity index (χ2v) is 5.20. The van der Waals surface area contributed by atoms with Gasteiger partial charge in [0.2, 0.25) is 0 Å². The average molecular weight is 241 g/mol. The molecule has 0 aromatic rings. The Hall–Kier alpha value is -1.50. The molecular formula is C17H23N. The van der Waals surface area contributed by atoms with Crippen LogP contribution in [-0.4, -0.2) is 18.5 Å². The number of hydrogen-bond acceptors (Lipinski definition) is 1. The molecule has 0 amide bonds. The number of likely N-dealkylation sites (N-methyl/N-ethyl adjacent to an activating group) is 1. The number of hydrogen-bond donors (Lipinski definition) is 0. The van der Waals surface area contributed by atoms with Crippen LogP contribution in [0.1, 0.15) is 27.7 Å². The number of nitrogens with zero attached hydrogens (tertiary/aromatic N) is 1. The van der Waals surface area contributed by atoms with E-state index < -0.39 is 0 Å². The van der Waals surface area contributed by atoms with E-state index in [-0.39, 0.29) is 0 Å². The molecule has 18 heavy (non-hydrogen) atoms. The molecule has 1 aliphatic carbocycles. The third-order valence-electron chi connectivity index (χ3n) is 4.10. The maximum atomic E-state index is 2.37. The Bertz CT molecular complexity index is 498. The van der Waals surface area contributed by atoms with Gasteiger partial charge < -0.3 is 4.90 Å². The first-order chi connectivity index (χ1) is 8.58. The minimum atomic E-state index is 0.545. The van der Waals surface area contributed by atoms with E-state index in [4.69, 9.17) is 0 Å². The molecule has 0 bridgehead atoms. The highest BCUT2D eigenvalue weighted by atomic mass is 15.1. The van der Waals surface area contributed by atoms with Crippen molar-refractivity contribution in [3.05, 3.63) is 58.4 Å². The maximum Gasteiger partial charge on any atom is 0.0428 e. The van der Waals surface area contributed by atoms with Gasteiger partial charge in [-0.25, -0.2) is 0 Å². The zero-order valence-electron chi connectivity index (χ0n) is 12.1. The SMILES string of the molecule is C/C=C1/C=C\C2=C(C=C(C)C2C)N(C)C/C1=C/C. The molecule has 1 heteroatoms. The first-order valence-electron chi connectivity index (χ1n) is 6.72. The zero-order chi connectivity index (χ0) is 13.3. The van der Waals surface area contributed by atoms with E-state index in [1.165, 1.54) is 28.0 Å². The van der Waals surface area contributed by atoms with Crippen LogP contribution in [0.15, 0.2) is 58.4 Å². The molecular weight excluding hydrogens is 218 g/mol. The van der Waals surface area contributed by atoms with E-state index in [0.29, 0.717) is 5.92 Å². The Morgan fingerprint density at radius 2 is 1.94 bits per heavy atom. The molecule has 2 aliphatic rings. The molecule has 96 valence electrons. The normalized spacial score (nSPS) is 30.4. The highest BCUT2D eigenvalue weighted by molar-refractivity contribution is 5.52. The Morgan fingerprint density at radius 3 is 2.56 bits per heavy atom. The molecule has 1 atom stereocenters. The minimum absolute atomic E-state index is 0.545. The molecule has 1 nitrogen and oxygen atoms in total. The summed E-state index contributed by atoms with van der Waals surface area (Å²) in [6, 6.07) is 0. The molecule has 1 heterocycles. The predicted octanol–water partition coefficient (Wildman–Crippen LogP) is 4.23. The van der Waals surface area contributed by atoms with Crippen LogP contribution in [0.4, 0.5) is 0 Å². The maximum absolute atomic E-state index is 2.37. The third-order valence-corrected chi connectivity index (χ3v) is 4.10. The van der Waals surface area contributed by atoms with Gasteiger partial charge in [-0.1, -0.05) is 36.8 Å². The van der Waals surface area contributed by atoms with Crippen molar-refractivity contribution in [1.29, 1.82) is 0 Å². The topological polar surface area (TPSA) is 3.24 Å². The Kier molecular flexibility index (Phi) is 3.60. The van der Waals surface area contributed by atoms with Gasteiger partial charge in [0.05, 0.1) is 0 Å². The van der Waals surface area contributed by atoms with Crippen molar-refractivity contribution in [1.82, 2.24) is 4.90 Å². The molecule has 0 radical (unpaired) electrons. The van der Waals surface area contributed by atoms with Gasteiger partial charge in [-0.2, -0.15) is 0 Å². The van der Waals surface area contributed by atoms with Gasteiger partial charge in [0.15, 0.2) is 0 Å². The lowest BCUT2D eigenvalue weighted by Gasteiger charge is -2.25. The molecule has 0 aromatic heterocycles. The van der Waals surface area contributed by atoms with Crippen LogP contribution in [0, 0.1) is 5.92 Å². The molecule has 0 spiro atoms. The van der Waals surface area contributed by atoms with Gasteiger partial charge >= 0.3 is 0 Å². The first kappa shape index (κ1) is 12.9. The lowest BCUT2D eigenvalue weighted by molar-refractivity contribution is 0.465. The zero-order valence-corrected chi connectivity index (χ0v) is 12.1. The van der Waals surface area contributed by atoms with Crippen LogP contribution in [-0.2, 0) is 0 Å². The fraction of sp³-hybridized carbons (Fsp3) is 0.412. The first-order valence-corrected chi connectivity index (χ1v) is 6.72. The summed E-state index contributed by atoms with van der Waals surface area (Å²) < 4.78 is 0. The van der Waals surface area contributed by atoms with E-state index in [9.17, 15) is 0 Å². The van der Waals surface area contributed by atoms with Crippen molar-refractivity contribution in [2.75, 3.05) is 13.6 Å². The van der Waals surface area contributed by atoms with Crippen LogP contribution >= 0.6 is 0 Å². The molecule has 0 saturated carbocycles. The van der Waals surface area contributed by atoms with Crippen molar-refractivity contribution in [3.63, 3.8) is 0 Å². The lowest BCUT2D eigenvalue weighted by atomic mass is 9.95. The predicted molar refractivity (Wildman–Crippen MR) is 79.2 cm³/mol. The van der Waals surface area contributed by atoms with E-state index in [1.54, 1.807) is 0 Å². The smallest absolute Gasteiger partial charge is 0.0428 e. The van der Waals surface area contributed by atoms with Crippen molar-refractivity contribution < 1.29 is 0 Å². The number of allylic oxidation sites excluding steroid dienone is 7. The summed E-state index contributed by atoms with van der Waals surface area (Å²) in [7, 11) is 2.19. The van der Waals surface area contributed by atoms with Crippen molar-refractivity contribution in [2.45, 2.75) is 27.7 Å². The quantitative estimate of drug-likeness (QED) is 0.613. The van der Waals surface area contributed by atoms with E-state index >= 15 is 0 Å². The standard InChI is InChI=1S/C17H23N/c1-6-14-8-9-16-13(4)12(3)10-17(16)18(5)11-15(14)7-2/h6-10,13H,11H2,1-5H3/b9-8-,14-6-,15-7-. The lowest BCUT2D eigenvalue weighted by Crippen LogP contribution is -2.22. The summed E-state index contributed by atoms with van der Waals surface area (Å²) in [6.07, 6.45) is 11.3. The Morgan fingerprint density at radius 1 is 1.22 bits per heavy atom. The van der Waals surface area contributed by atoms with Gasteiger partial charge in [-0.3, -0.25) is 0 Å². The molecule has 0 fully saturated rings. The summed E-state index contributed by atoms with van der Waals surface area (Å²) in [5.41, 5.74) is 7.03. The Balaban J connectivity index is 2.48. The van der Waals surface area contributed by atoms with Gasteiger partial charge in [0.25, 0.3) is 0 Å². The van der Waals surface area contributed by atoms with Gasteiger partial charge in [-0.15, -0.1) is 0 Å². The summed E-state index contributed by atoms with van der Waals surface area (Å²) in [5, 5.41) is 0. The highest BCUT2D eigenvalue weighted by Gasteiger charge is 2.23. The molecule has 0 aromatic carbocycles. The van der Waals surface area contributed by atoms with Crippen LogP contribution in [0.2, 0.25) is 0 Å². The van der Waals surface area contributed by atoms with Crippen LogP contribution in [0.5, 0.6) is 0 Å². The van der Waals surface area contributed by atoms with Crippen molar-refractivity contribution >= 4 is 0 Å².